The monoisotopic (exact) mass is 152 g/mol. The Balaban J connectivity index is -0.000000138. The number of terminal acetylenes is 1. The normalized spacial score (nSPS) is 7.09. The molecule has 0 aromatic carbocycles. The van der Waals surface area contributed by atoms with Crippen LogP contribution in [0, 0.1) is 12.8 Å². The Morgan fingerprint density at radius 1 is 1.36 bits per heavy atom. The van der Waals surface area contributed by atoms with Crippen LogP contribution in [0.1, 0.15) is 34.1 Å². The Morgan fingerprint density at radius 2 is 1.73 bits per heavy atom. The minimum atomic E-state index is 1.10. The van der Waals surface area contributed by atoms with Crippen molar-refractivity contribution in [3.8, 4) is 12.8 Å². The summed E-state index contributed by atoms with van der Waals surface area (Å²) in [6.07, 6.45) is 13.2. The molecule has 0 fully saturated rings. The number of allylic oxidation sites excluding steroid dienone is 3. The predicted molar refractivity (Wildman–Crippen MR) is 55.5 cm³/mol. The molecule has 0 unspecified atom stereocenters. The molecule has 0 bridgehead atoms. The van der Waals surface area contributed by atoms with E-state index < -0.39 is 0 Å². The highest BCUT2D eigenvalue weighted by atomic mass is 13.7. The van der Waals surface area contributed by atoms with Gasteiger partial charge in [-0.2, -0.15) is 0 Å². The molecule has 0 spiro atoms. The van der Waals surface area contributed by atoms with E-state index in [1.807, 2.05) is 26.8 Å². The highest BCUT2D eigenvalue weighted by Crippen LogP contribution is 1.89. The first-order chi connectivity index (χ1) is 5.27. The van der Waals surface area contributed by atoms with Gasteiger partial charge in [-0.15, -0.1) is 12.8 Å². The third kappa shape index (κ3) is 48.5. The number of hydrogen-bond acceptors (Lipinski definition) is 0. The van der Waals surface area contributed by atoms with E-state index in [-0.39, 0.29) is 0 Å². The van der Waals surface area contributed by atoms with Crippen LogP contribution in [-0.2, 0) is 0 Å². The van der Waals surface area contributed by atoms with Gasteiger partial charge < -0.3 is 0 Å². The SMILES string of the molecule is C#C.C=C(C)/C=C\CC.CC. The minimum Gasteiger partial charge on any atom is -0.124 e. The lowest BCUT2D eigenvalue weighted by Crippen LogP contribution is -1.58. The van der Waals surface area contributed by atoms with Gasteiger partial charge in [0.05, 0.1) is 0 Å². The standard InChI is InChI=1S/C7H12.C2H6.C2H2/c1-4-5-6-7(2)3;2*1-2/h5-6H,2,4H2,1,3H3;1-2H3;1-2H/b6-5-;;. The van der Waals surface area contributed by atoms with Crippen molar-refractivity contribution in [1.29, 1.82) is 0 Å². The van der Waals surface area contributed by atoms with Crippen molar-refractivity contribution in [2.45, 2.75) is 34.1 Å². The summed E-state index contributed by atoms with van der Waals surface area (Å²) < 4.78 is 0. The van der Waals surface area contributed by atoms with Crippen molar-refractivity contribution in [2.24, 2.45) is 0 Å². The fraction of sp³-hybridized carbons (Fsp3) is 0.455. The molecule has 0 aliphatic carbocycles. The Labute approximate surface area is 72.0 Å². The minimum absolute atomic E-state index is 1.10. The van der Waals surface area contributed by atoms with Crippen molar-refractivity contribution < 1.29 is 0 Å². The van der Waals surface area contributed by atoms with Crippen molar-refractivity contribution in [2.75, 3.05) is 0 Å². The topological polar surface area (TPSA) is 0 Å². The van der Waals surface area contributed by atoms with Crippen LogP contribution in [0.25, 0.3) is 0 Å². The second-order valence-corrected chi connectivity index (χ2v) is 1.66. The molecule has 0 aromatic rings. The third-order valence-electron chi connectivity index (χ3n) is 0.638. The van der Waals surface area contributed by atoms with E-state index in [0.29, 0.717) is 0 Å². The molecule has 0 heteroatoms. The lowest BCUT2D eigenvalue weighted by Gasteiger charge is -1.79. The molecule has 0 rings (SSSR count). The van der Waals surface area contributed by atoms with Crippen molar-refractivity contribution >= 4 is 0 Å². The van der Waals surface area contributed by atoms with Gasteiger partial charge in [0.25, 0.3) is 0 Å². The van der Waals surface area contributed by atoms with E-state index in [1.165, 1.54) is 0 Å². The van der Waals surface area contributed by atoms with Gasteiger partial charge in [0.15, 0.2) is 0 Å². The molecule has 0 saturated carbocycles. The maximum absolute atomic E-state index is 4.00. The van der Waals surface area contributed by atoms with Gasteiger partial charge in [0.2, 0.25) is 0 Å². The van der Waals surface area contributed by atoms with Crippen LogP contribution in [-0.4, -0.2) is 0 Å². The van der Waals surface area contributed by atoms with Crippen molar-refractivity contribution in [1.82, 2.24) is 0 Å². The Morgan fingerprint density at radius 3 is 1.82 bits per heavy atom. The average molecular weight is 152 g/mol. The van der Waals surface area contributed by atoms with Gasteiger partial charge in [0.1, 0.15) is 0 Å². The van der Waals surface area contributed by atoms with Crippen molar-refractivity contribution in [3.63, 3.8) is 0 Å². The van der Waals surface area contributed by atoms with Gasteiger partial charge >= 0.3 is 0 Å². The van der Waals surface area contributed by atoms with E-state index in [9.17, 15) is 0 Å². The van der Waals surface area contributed by atoms with Gasteiger partial charge in [-0.25, -0.2) is 0 Å². The lowest BCUT2D eigenvalue weighted by atomic mass is 10.3. The quantitative estimate of drug-likeness (QED) is 0.417. The summed E-state index contributed by atoms with van der Waals surface area (Å²) in [6, 6.07) is 0. The van der Waals surface area contributed by atoms with Gasteiger partial charge in [0, 0.05) is 0 Å². The fourth-order valence-electron chi connectivity index (χ4n) is 0.319. The number of rotatable bonds is 2. The van der Waals surface area contributed by atoms with Crippen molar-refractivity contribution in [3.05, 3.63) is 24.3 Å². The van der Waals surface area contributed by atoms with E-state index in [1.54, 1.807) is 0 Å². The van der Waals surface area contributed by atoms with E-state index >= 15 is 0 Å². The zero-order valence-corrected chi connectivity index (χ0v) is 8.22. The largest absolute Gasteiger partial charge is 0.124 e. The maximum Gasteiger partial charge on any atom is -0.0376 e. The molecule has 0 heterocycles. The molecular formula is C11H20. The third-order valence-corrected chi connectivity index (χ3v) is 0.638. The Bertz CT molecular complexity index is 104. The first-order valence-electron chi connectivity index (χ1n) is 3.92. The molecule has 11 heavy (non-hydrogen) atoms. The highest BCUT2D eigenvalue weighted by molar-refractivity contribution is 5.10. The molecule has 64 valence electrons. The Kier molecular flexibility index (Phi) is 34.6. The zero-order chi connectivity index (χ0) is 9.70. The molecule has 0 saturated heterocycles. The number of hydrogen-bond donors (Lipinski definition) is 0. The molecule has 0 aliphatic rings. The van der Waals surface area contributed by atoms with Crippen LogP contribution < -0.4 is 0 Å². The van der Waals surface area contributed by atoms with E-state index in [0.717, 1.165) is 12.0 Å². The second-order valence-electron chi connectivity index (χ2n) is 1.66. The van der Waals surface area contributed by atoms with Crippen LogP contribution in [0.15, 0.2) is 24.3 Å². The summed E-state index contributed by atoms with van der Waals surface area (Å²) in [5, 5.41) is 0. The van der Waals surface area contributed by atoms with Crippen LogP contribution in [0.3, 0.4) is 0 Å². The van der Waals surface area contributed by atoms with Crippen LogP contribution >= 0.6 is 0 Å². The summed E-state index contributed by atoms with van der Waals surface area (Å²) >= 11 is 0. The molecule has 0 radical (unpaired) electrons. The van der Waals surface area contributed by atoms with Gasteiger partial charge in [-0.05, 0) is 13.3 Å². The Hall–Kier alpha value is -0.960. The van der Waals surface area contributed by atoms with Crippen LogP contribution in [0.5, 0.6) is 0 Å². The average Bonchev–Trinajstić information content (AvgIpc) is 2.08. The van der Waals surface area contributed by atoms with E-state index in [4.69, 9.17) is 0 Å². The van der Waals surface area contributed by atoms with E-state index in [2.05, 4.69) is 32.4 Å². The summed E-state index contributed by atoms with van der Waals surface area (Å²) in [4.78, 5) is 0. The molecule has 0 aliphatic heterocycles. The summed E-state index contributed by atoms with van der Waals surface area (Å²) in [6.45, 7) is 11.8. The summed E-state index contributed by atoms with van der Waals surface area (Å²) in [7, 11) is 0. The summed E-state index contributed by atoms with van der Waals surface area (Å²) in [5.41, 5.74) is 1.13. The first kappa shape index (κ1) is 16.6. The zero-order valence-electron chi connectivity index (χ0n) is 8.22. The molecule has 0 N–H and O–H groups in total. The molecule has 0 nitrogen and oxygen atoms in total. The molecule has 0 aromatic heterocycles. The van der Waals surface area contributed by atoms with Gasteiger partial charge in [-0.1, -0.05) is 45.1 Å². The van der Waals surface area contributed by atoms with Gasteiger partial charge in [-0.3, -0.25) is 0 Å². The smallest absolute Gasteiger partial charge is 0.0376 e. The highest BCUT2D eigenvalue weighted by Gasteiger charge is 1.67. The maximum atomic E-state index is 4.00. The predicted octanol–water partition coefficient (Wildman–Crippen LogP) is 3.80. The lowest BCUT2D eigenvalue weighted by molar-refractivity contribution is 1.22. The fourth-order valence-corrected chi connectivity index (χ4v) is 0.319. The molecule has 0 amide bonds. The molecule has 0 atom stereocenters. The summed E-state index contributed by atoms with van der Waals surface area (Å²) in [5.74, 6) is 0. The first-order valence-corrected chi connectivity index (χ1v) is 3.92. The molecular weight excluding hydrogens is 132 g/mol. The second kappa shape index (κ2) is 23.0. The van der Waals surface area contributed by atoms with Crippen LogP contribution in [0.4, 0.5) is 0 Å². The van der Waals surface area contributed by atoms with Crippen LogP contribution in [0.2, 0.25) is 0 Å².